The minimum Gasteiger partial charge on any atom is -0.493 e. The number of methoxy groups -OCH3 is 2. The lowest BCUT2D eigenvalue weighted by molar-refractivity contribution is 0.0593. The third-order valence-electron chi connectivity index (χ3n) is 2.87. The first-order valence-corrected chi connectivity index (χ1v) is 6.47. The van der Waals surface area contributed by atoms with Crippen LogP contribution in [0.5, 0.6) is 11.5 Å². The first kappa shape index (κ1) is 15.5. The Morgan fingerprint density at radius 2 is 1.64 bits per heavy atom. The maximum Gasteiger partial charge on any atom is 0.362 e. The lowest BCUT2D eigenvalue weighted by Gasteiger charge is -2.09. The molecule has 0 saturated carbocycles. The van der Waals surface area contributed by atoms with E-state index in [4.69, 9.17) is 9.47 Å². The molecule has 114 valence electrons. The van der Waals surface area contributed by atoms with Crippen LogP contribution in [0.4, 0.5) is 0 Å². The average molecular weight is 301 g/mol. The molecule has 0 amide bonds. The van der Waals surface area contributed by atoms with Crippen molar-refractivity contribution in [2.45, 2.75) is 6.92 Å². The van der Waals surface area contributed by atoms with Gasteiger partial charge in [0, 0.05) is 0 Å². The first-order chi connectivity index (χ1) is 10.5. The second-order valence-electron chi connectivity index (χ2n) is 4.44. The van der Waals surface area contributed by atoms with Gasteiger partial charge >= 0.3 is 11.9 Å². The SMILES string of the molecule is COC(=O)c1cccc(C(=O)Oc2ccc(C)cc2OC)n1. The van der Waals surface area contributed by atoms with Gasteiger partial charge in [0.15, 0.2) is 11.5 Å². The van der Waals surface area contributed by atoms with E-state index in [0.717, 1.165) is 5.56 Å². The average Bonchev–Trinajstić information content (AvgIpc) is 2.55. The molecular weight excluding hydrogens is 286 g/mol. The zero-order valence-corrected chi connectivity index (χ0v) is 12.5. The number of aryl methyl sites for hydroxylation is 1. The van der Waals surface area contributed by atoms with Crippen LogP contribution in [-0.2, 0) is 4.74 Å². The number of esters is 2. The maximum atomic E-state index is 12.1. The Labute approximate surface area is 127 Å². The van der Waals surface area contributed by atoms with Crippen LogP contribution >= 0.6 is 0 Å². The maximum absolute atomic E-state index is 12.1. The number of aromatic nitrogens is 1. The molecule has 0 unspecified atom stereocenters. The number of hydrogen-bond acceptors (Lipinski definition) is 6. The van der Waals surface area contributed by atoms with E-state index in [-0.39, 0.29) is 17.1 Å². The monoisotopic (exact) mass is 301 g/mol. The first-order valence-electron chi connectivity index (χ1n) is 6.47. The van der Waals surface area contributed by atoms with Gasteiger partial charge in [0.25, 0.3) is 0 Å². The van der Waals surface area contributed by atoms with E-state index >= 15 is 0 Å². The molecule has 2 aromatic rings. The summed E-state index contributed by atoms with van der Waals surface area (Å²) in [5.74, 6) is -0.587. The van der Waals surface area contributed by atoms with Crippen LogP contribution in [0.2, 0.25) is 0 Å². The summed E-state index contributed by atoms with van der Waals surface area (Å²) in [6, 6.07) is 9.62. The molecule has 0 aliphatic rings. The highest BCUT2D eigenvalue weighted by Gasteiger charge is 2.16. The number of pyridine rings is 1. The number of nitrogens with zero attached hydrogens (tertiary/aromatic N) is 1. The lowest BCUT2D eigenvalue weighted by Crippen LogP contribution is -2.14. The minimum absolute atomic E-state index is 0.00512. The molecule has 6 heteroatoms. The quantitative estimate of drug-likeness (QED) is 0.637. The van der Waals surface area contributed by atoms with Gasteiger partial charge in [0.05, 0.1) is 14.2 Å². The largest absolute Gasteiger partial charge is 0.493 e. The molecule has 0 bridgehead atoms. The Balaban J connectivity index is 2.24. The number of ether oxygens (including phenoxy) is 3. The fourth-order valence-corrected chi connectivity index (χ4v) is 1.78. The van der Waals surface area contributed by atoms with Crippen LogP contribution in [0.1, 0.15) is 26.5 Å². The van der Waals surface area contributed by atoms with Crippen LogP contribution < -0.4 is 9.47 Å². The Kier molecular flexibility index (Phi) is 4.73. The van der Waals surface area contributed by atoms with Gasteiger partial charge in [-0.1, -0.05) is 12.1 Å². The van der Waals surface area contributed by atoms with Gasteiger partial charge in [-0.25, -0.2) is 14.6 Å². The smallest absolute Gasteiger partial charge is 0.362 e. The predicted molar refractivity (Wildman–Crippen MR) is 78.3 cm³/mol. The van der Waals surface area contributed by atoms with E-state index in [9.17, 15) is 9.59 Å². The van der Waals surface area contributed by atoms with Crippen LogP contribution in [-0.4, -0.2) is 31.1 Å². The highest BCUT2D eigenvalue weighted by atomic mass is 16.6. The van der Waals surface area contributed by atoms with Gasteiger partial charge in [-0.05, 0) is 36.8 Å². The van der Waals surface area contributed by atoms with Crippen molar-refractivity contribution >= 4 is 11.9 Å². The van der Waals surface area contributed by atoms with E-state index in [0.29, 0.717) is 5.75 Å². The summed E-state index contributed by atoms with van der Waals surface area (Å²) in [7, 11) is 2.73. The zero-order valence-electron chi connectivity index (χ0n) is 12.5. The van der Waals surface area contributed by atoms with Crippen molar-refractivity contribution < 1.29 is 23.8 Å². The standard InChI is InChI=1S/C16H15NO5/c1-10-7-8-13(14(9-10)20-2)22-16(19)12-6-4-5-11(17-12)15(18)21-3/h4-9H,1-3H3. The van der Waals surface area contributed by atoms with Gasteiger partial charge in [0.2, 0.25) is 0 Å². The molecule has 0 N–H and O–H groups in total. The van der Waals surface area contributed by atoms with Crippen LogP contribution in [0.15, 0.2) is 36.4 Å². The molecular formula is C16H15NO5. The van der Waals surface area contributed by atoms with Gasteiger partial charge in [-0.2, -0.15) is 0 Å². The van der Waals surface area contributed by atoms with Crippen molar-refractivity contribution in [3.05, 3.63) is 53.3 Å². The highest BCUT2D eigenvalue weighted by molar-refractivity contribution is 5.92. The Bertz CT molecular complexity index is 711. The molecule has 0 spiro atoms. The summed E-state index contributed by atoms with van der Waals surface area (Å²) < 4.78 is 15.0. The zero-order chi connectivity index (χ0) is 16.1. The van der Waals surface area contributed by atoms with E-state index in [2.05, 4.69) is 9.72 Å². The molecule has 2 rings (SSSR count). The summed E-state index contributed by atoms with van der Waals surface area (Å²) in [6.45, 7) is 1.90. The number of benzene rings is 1. The van der Waals surface area contributed by atoms with Crippen molar-refractivity contribution in [3.63, 3.8) is 0 Å². The lowest BCUT2D eigenvalue weighted by atomic mass is 10.2. The fourth-order valence-electron chi connectivity index (χ4n) is 1.78. The molecule has 1 aromatic heterocycles. The highest BCUT2D eigenvalue weighted by Crippen LogP contribution is 2.28. The summed E-state index contributed by atoms with van der Waals surface area (Å²) in [5, 5.41) is 0. The molecule has 1 heterocycles. The van der Waals surface area contributed by atoms with Gasteiger partial charge < -0.3 is 14.2 Å². The Morgan fingerprint density at radius 1 is 0.955 bits per heavy atom. The molecule has 0 aliphatic heterocycles. The fraction of sp³-hybridized carbons (Fsp3) is 0.188. The number of rotatable bonds is 4. The van der Waals surface area contributed by atoms with Crippen LogP contribution in [0.3, 0.4) is 0 Å². The molecule has 0 saturated heterocycles. The molecule has 22 heavy (non-hydrogen) atoms. The topological polar surface area (TPSA) is 74.7 Å². The molecule has 1 aromatic carbocycles. The van der Waals surface area contributed by atoms with E-state index in [1.165, 1.54) is 32.4 Å². The Hall–Kier alpha value is -2.89. The number of hydrogen-bond donors (Lipinski definition) is 0. The molecule has 6 nitrogen and oxygen atoms in total. The number of carbonyl (C=O) groups excluding carboxylic acids is 2. The Morgan fingerprint density at radius 3 is 2.27 bits per heavy atom. The third kappa shape index (κ3) is 3.41. The summed E-state index contributed by atoms with van der Waals surface area (Å²) in [4.78, 5) is 27.5. The van der Waals surface area contributed by atoms with Crippen molar-refractivity contribution in [1.82, 2.24) is 4.98 Å². The summed E-state index contributed by atoms with van der Waals surface area (Å²) in [6.07, 6.45) is 0. The van der Waals surface area contributed by atoms with Crippen molar-refractivity contribution in [3.8, 4) is 11.5 Å². The van der Waals surface area contributed by atoms with Crippen molar-refractivity contribution in [1.29, 1.82) is 0 Å². The third-order valence-corrected chi connectivity index (χ3v) is 2.87. The minimum atomic E-state index is -0.687. The van der Waals surface area contributed by atoms with Crippen LogP contribution in [0, 0.1) is 6.92 Å². The normalized spacial score (nSPS) is 9.95. The molecule has 0 aliphatic carbocycles. The van der Waals surface area contributed by atoms with Crippen molar-refractivity contribution in [2.75, 3.05) is 14.2 Å². The second-order valence-corrected chi connectivity index (χ2v) is 4.44. The van der Waals surface area contributed by atoms with E-state index in [1.54, 1.807) is 18.2 Å². The molecule has 0 radical (unpaired) electrons. The second kappa shape index (κ2) is 6.71. The van der Waals surface area contributed by atoms with E-state index in [1.807, 2.05) is 6.92 Å². The van der Waals surface area contributed by atoms with Gasteiger partial charge in [-0.3, -0.25) is 0 Å². The predicted octanol–water partition coefficient (Wildman–Crippen LogP) is 2.40. The summed E-state index contributed by atoms with van der Waals surface area (Å²) >= 11 is 0. The van der Waals surface area contributed by atoms with Crippen LogP contribution in [0.25, 0.3) is 0 Å². The van der Waals surface area contributed by atoms with Crippen molar-refractivity contribution in [2.24, 2.45) is 0 Å². The molecule has 0 atom stereocenters. The van der Waals surface area contributed by atoms with E-state index < -0.39 is 11.9 Å². The van der Waals surface area contributed by atoms with Gasteiger partial charge in [0.1, 0.15) is 11.4 Å². The van der Waals surface area contributed by atoms with Gasteiger partial charge in [-0.15, -0.1) is 0 Å². The number of carbonyl (C=O) groups is 2. The summed E-state index contributed by atoms with van der Waals surface area (Å²) in [5.41, 5.74) is 1.01. The molecule has 0 fully saturated rings.